The van der Waals surface area contributed by atoms with E-state index < -0.39 is 15.8 Å². The second-order valence-corrected chi connectivity index (χ2v) is 8.19. The van der Waals surface area contributed by atoms with E-state index >= 15 is 0 Å². The van der Waals surface area contributed by atoms with E-state index in [-0.39, 0.29) is 27.8 Å². The monoisotopic (exact) mass is 360 g/mol. The van der Waals surface area contributed by atoms with Crippen LogP contribution in [0.15, 0.2) is 23.1 Å². The molecule has 0 radical (unpaired) electrons. The highest BCUT2D eigenvalue weighted by atomic mass is 35.5. The number of rotatable bonds is 4. The average Bonchev–Trinajstić information content (AvgIpc) is 3.34. The highest BCUT2D eigenvalue weighted by Crippen LogP contribution is 2.32. The summed E-state index contributed by atoms with van der Waals surface area (Å²) in [6.45, 7) is 1.12. The molecular weight excluding hydrogens is 343 g/mol. The smallest absolute Gasteiger partial charge is 0.240 e. The minimum absolute atomic E-state index is 0.0552. The van der Waals surface area contributed by atoms with E-state index in [4.69, 9.17) is 11.6 Å². The lowest BCUT2D eigenvalue weighted by atomic mass is 10.1. The molecule has 2 aliphatic rings. The molecule has 1 saturated carbocycles. The number of hydrogen-bond donors (Lipinski definition) is 1. The van der Waals surface area contributed by atoms with Gasteiger partial charge in [0.15, 0.2) is 0 Å². The first kappa shape index (κ1) is 16.7. The van der Waals surface area contributed by atoms with Gasteiger partial charge in [-0.2, -0.15) is 0 Å². The van der Waals surface area contributed by atoms with Crippen LogP contribution >= 0.6 is 11.6 Å². The Labute approximate surface area is 139 Å². The van der Waals surface area contributed by atoms with Crippen molar-refractivity contribution in [2.75, 3.05) is 13.1 Å². The molecule has 126 valence electrons. The number of hydrogen-bond acceptors (Lipinski definition) is 3. The number of nitrogens with zero attached hydrogens (tertiary/aromatic N) is 1. The van der Waals surface area contributed by atoms with Crippen LogP contribution in [0.2, 0.25) is 5.02 Å². The first-order valence-electron chi connectivity index (χ1n) is 7.63. The maximum absolute atomic E-state index is 13.1. The van der Waals surface area contributed by atoms with Gasteiger partial charge in [-0.3, -0.25) is 4.79 Å². The van der Waals surface area contributed by atoms with Crippen LogP contribution in [0.3, 0.4) is 0 Å². The highest BCUT2D eigenvalue weighted by molar-refractivity contribution is 7.89. The third-order valence-electron chi connectivity index (χ3n) is 4.26. The number of halogens is 2. The van der Waals surface area contributed by atoms with Crippen molar-refractivity contribution < 1.29 is 17.6 Å². The summed E-state index contributed by atoms with van der Waals surface area (Å²) in [6, 6.07) is 3.10. The fourth-order valence-corrected chi connectivity index (χ4v) is 4.31. The summed E-state index contributed by atoms with van der Waals surface area (Å²) in [5.74, 6) is -0.279. The standard InChI is InChI=1S/C15H18ClFN2O3S/c16-13-9-12(3-4-14(13)17)23(21,22)18-11-5-7-19(8-6-11)15(20)10-1-2-10/h3-4,9-11,18H,1-2,5-8H2. The lowest BCUT2D eigenvalue weighted by molar-refractivity contribution is -0.133. The summed E-state index contributed by atoms with van der Waals surface area (Å²) in [5, 5.41) is -0.224. The molecule has 2 fully saturated rings. The lowest BCUT2D eigenvalue weighted by Gasteiger charge is -2.32. The van der Waals surface area contributed by atoms with Gasteiger partial charge in [-0.15, -0.1) is 0 Å². The molecule has 3 rings (SSSR count). The number of benzene rings is 1. The third kappa shape index (κ3) is 3.84. The van der Waals surface area contributed by atoms with Crippen LogP contribution in [0.4, 0.5) is 4.39 Å². The minimum atomic E-state index is -3.75. The number of likely N-dealkylation sites (tertiary alicyclic amines) is 1. The van der Waals surface area contributed by atoms with Crippen LogP contribution in [0, 0.1) is 11.7 Å². The molecule has 1 amide bonds. The number of carbonyl (C=O) groups is 1. The number of sulfonamides is 1. The van der Waals surface area contributed by atoms with E-state index in [1.807, 2.05) is 4.90 Å². The van der Waals surface area contributed by atoms with Gasteiger partial charge in [0.05, 0.1) is 9.92 Å². The van der Waals surface area contributed by atoms with Crippen LogP contribution < -0.4 is 4.72 Å². The van der Waals surface area contributed by atoms with Crippen molar-refractivity contribution in [3.05, 3.63) is 29.0 Å². The van der Waals surface area contributed by atoms with Crippen LogP contribution in [-0.2, 0) is 14.8 Å². The molecule has 8 heteroatoms. The van der Waals surface area contributed by atoms with E-state index in [2.05, 4.69) is 4.72 Å². The Bertz CT molecular complexity index is 713. The van der Waals surface area contributed by atoms with E-state index in [0.29, 0.717) is 25.9 Å². The summed E-state index contributed by atoms with van der Waals surface area (Å²) in [7, 11) is -3.75. The number of amides is 1. The number of piperidine rings is 1. The Kier molecular flexibility index (Phi) is 4.62. The SMILES string of the molecule is O=C(C1CC1)N1CCC(NS(=O)(=O)c2ccc(F)c(Cl)c2)CC1. The van der Waals surface area contributed by atoms with Gasteiger partial charge in [0.2, 0.25) is 15.9 Å². The van der Waals surface area contributed by atoms with Crippen molar-refractivity contribution in [1.29, 1.82) is 0 Å². The average molecular weight is 361 g/mol. The van der Waals surface area contributed by atoms with E-state index in [1.54, 1.807) is 0 Å². The van der Waals surface area contributed by atoms with Gasteiger partial charge in [0.25, 0.3) is 0 Å². The second kappa shape index (κ2) is 6.37. The van der Waals surface area contributed by atoms with Crippen molar-refractivity contribution >= 4 is 27.5 Å². The fourth-order valence-electron chi connectivity index (χ4n) is 2.74. The summed E-state index contributed by atoms with van der Waals surface area (Å²) >= 11 is 5.64. The molecule has 1 N–H and O–H groups in total. The molecule has 0 aromatic heterocycles. The van der Waals surface area contributed by atoms with Gasteiger partial charge in [0.1, 0.15) is 5.82 Å². The Morgan fingerprint density at radius 1 is 1.22 bits per heavy atom. The first-order chi connectivity index (χ1) is 10.9. The van der Waals surface area contributed by atoms with Crippen molar-refractivity contribution in [1.82, 2.24) is 9.62 Å². The quantitative estimate of drug-likeness (QED) is 0.894. The summed E-state index contributed by atoms with van der Waals surface area (Å²) < 4.78 is 40.4. The summed E-state index contributed by atoms with van der Waals surface area (Å²) in [4.78, 5) is 13.7. The largest absolute Gasteiger partial charge is 0.342 e. The molecule has 5 nitrogen and oxygen atoms in total. The number of nitrogens with one attached hydrogen (secondary N) is 1. The lowest BCUT2D eigenvalue weighted by Crippen LogP contribution is -2.46. The van der Waals surface area contributed by atoms with Crippen molar-refractivity contribution in [3.8, 4) is 0 Å². The highest BCUT2D eigenvalue weighted by Gasteiger charge is 2.35. The maximum atomic E-state index is 13.1. The third-order valence-corrected chi connectivity index (χ3v) is 6.06. The topological polar surface area (TPSA) is 66.5 Å². The van der Waals surface area contributed by atoms with Gasteiger partial charge in [-0.1, -0.05) is 11.6 Å². The molecule has 1 aromatic rings. The molecule has 0 bridgehead atoms. The number of carbonyl (C=O) groups excluding carboxylic acids is 1. The Hall–Kier alpha value is -1.18. The zero-order chi connectivity index (χ0) is 16.6. The van der Waals surface area contributed by atoms with Crippen molar-refractivity contribution in [3.63, 3.8) is 0 Å². The van der Waals surface area contributed by atoms with Crippen LogP contribution in [0.5, 0.6) is 0 Å². The summed E-state index contributed by atoms with van der Waals surface area (Å²) in [5.41, 5.74) is 0. The van der Waals surface area contributed by atoms with E-state index in [0.717, 1.165) is 25.0 Å². The van der Waals surface area contributed by atoms with Gasteiger partial charge in [-0.25, -0.2) is 17.5 Å². The molecule has 0 unspecified atom stereocenters. The van der Waals surface area contributed by atoms with Gasteiger partial charge in [-0.05, 0) is 43.9 Å². The summed E-state index contributed by atoms with van der Waals surface area (Å²) in [6.07, 6.45) is 3.09. The van der Waals surface area contributed by atoms with Crippen LogP contribution in [-0.4, -0.2) is 38.4 Å². The fraction of sp³-hybridized carbons (Fsp3) is 0.533. The molecule has 1 aliphatic carbocycles. The molecule has 1 aliphatic heterocycles. The van der Waals surface area contributed by atoms with Gasteiger partial charge in [0, 0.05) is 25.0 Å². The normalized spacial score (nSPS) is 19.8. The molecular formula is C15H18ClFN2O3S. The van der Waals surface area contributed by atoms with Crippen molar-refractivity contribution in [2.45, 2.75) is 36.6 Å². The molecule has 0 spiro atoms. The zero-order valence-electron chi connectivity index (χ0n) is 12.5. The van der Waals surface area contributed by atoms with Crippen molar-refractivity contribution in [2.24, 2.45) is 5.92 Å². The van der Waals surface area contributed by atoms with E-state index in [1.165, 1.54) is 6.07 Å². The predicted octanol–water partition coefficient (Wildman–Crippen LogP) is 2.16. The van der Waals surface area contributed by atoms with E-state index in [9.17, 15) is 17.6 Å². The molecule has 23 heavy (non-hydrogen) atoms. The Morgan fingerprint density at radius 3 is 2.43 bits per heavy atom. The molecule has 1 aromatic carbocycles. The molecule has 1 saturated heterocycles. The van der Waals surface area contributed by atoms with Gasteiger partial charge < -0.3 is 4.90 Å². The maximum Gasteiger partial charge on any atom is 0.240 e. The van der Waals surface area contributed by atoms with Crippen LogP contribution in [0.1, 0.15) is 25.7 Å². The van der Waals surface area contributed by atoms with Crippen LogP contribution in [0.25, 0.3) is 0 Å². The zero-order valence-corrected chi connectivity index (χ0v) is 14.0. The second-order valence-electron chi connectivity index (χ2n) is 6.07. The van der Waals surface area contributed by atoms with Gasteiger partial charge >= 0.3 is 0 Å². The minimum Gasteiger partial charge on any atom is -0.342 e. The Balaban J connectivity index is 1.60. The Morgan fingerprint density at radius 2 is 1.87 bits per heavy atom. The first-order valence-corrected chi connectivity index (χ1v) is 9.49. The molecule has 1 heterocycles. The predicted molar refractivity (Wildman–Crippen MR) is 84.1 cm³/mol. The molecule has 0 atom stereocenters.